The van der Waals surface area contributed by atoms with Crippen molar-refractivity contribution in [1.29, 1.82) is 0 Å². The van der Waals surface area contributed by atoms with Crippen molar-refractivity contribution in [2.75, 3.05) is 13.1 Å². The number of carbonyl (C=O) groups excluding carboxylic acids is 3. The Balaban J connectivity index is 1.60. The number of nitrogens with zero attached hydrogens (tertiary/aromatic N) is 2. The van der Waals surface area contributed by atoms with Gasteiger partial charge in [-0.15, -0.1) is 0 Å². The molecule has 166 valence electrons. The average molecular weight is 424 g/mol. The van der Waals surface area contributed by atoms with Crippen LogP contribution >= 0.6 is 0 Å². The number of amides is 4. The number of nitrogens with one attached hydrogen (secondary N) is 1. The molecule has 5 rings (SSSR count). The molecule has 0 spiro atoms. The topological polar surface area (TPSA) is 69.7 Å². The normalized spacial score (nSPS) is 27.4. The van der Waals surface area contributed by atoms with Crippen molar-refractivity contribution in [2.45, 2.75) is 52.1 Å². The molecule has 0 aromatic heterocycles. The van der Waals surface area contributed by atoms with E-state index in [-0.39, 0.29) is 41.5 Å². The maximum Gasteiger partial charge on any atom is 0.319 e. The molecule has 2 bridgehead atoms. The van der Waals surface area contributed by atoms with E-state index in [0.717, 1.165) is 31.2 Å². The van der Waals surface area contributed by atoms with Gasteiger partial charge in [-0.1, -0.05) is 56.3 Å². The first-order chi connectivity index (χ1) is 15.0. The highest BCUT2D eigenvalue weighted by Crippen LogP contribution is 2.50. The summed E-state index contributed by atoms with van der Waals surface area (Å²) in [4.78, 5) is 43.2. The maximum atomic E-state index is 13.5. The zero-order valence-electron chi connectivity index (χ0n) is 18.5. The Labute approximate surface area is 184 Å². The molecule has 0 unspecified atom stereocenters. The highest BCUT2D eigenvalue weighted by atomic mass is 16.2. The summed E-state index contributed by atoms with van der Waals surface area (Å²) in [7, 11) is 0. The molecule has 1 aliphatic heterocycles. The number of rotatable bonds is 8. The lowest BCUT2D eigenvalue weighted by Gasteiger charge is -2.38. The number of urea groups is 1. The Hall–Kier alpha value is -2.63. The van der Waals surface area contributed by atoms with Gasteiger partial charge in [0.05, 0.1) is 11.8 Å². The number of likely N-dealkylation sites (tertiary alicyclic amines) is 1. The van der Waals surface area contributed by atoms with Gasteiger partial charge in [0.25, 0.3) is 0 Å². The monoisotopic (exact) mass is 423 g/mol. The van der Waals surface area contributed by atoms with Crippen LogP contribution in [-0.4, -0.2) is 46.9 Å². The minimum absolute atomic E-state index is 0.118. The molecule has 6 heteroatoms. The Kier molecular flexibility index (Phi) is 6.44. The third-order valence-corrected chi connectivity index (χ3v) is 6.94. The molecule has 1 saturated heterocycles. The molecular weight excluding hydrogens is 390 g/mol. The summed E-state index contributed by atoms with van der Waals surface area (Å²) in [5.41, 5.74) is 0.988. The Morgan fingerprint density at radius 2 is 1.55 bits per heavy atom. The predicted octanol–water partition coefficient (Wildman–Crippen LogP) is 3.58. The van der Waals surface area contributed by atoms with Gasteiger partial charge < -0.3 is 10.2 Å². The van der Waals surface area contributed by atoms with Crippen LogP contribution in [0.15, 0.2) is 42.5 Å². The molecule has 5 atom stereocenters. The number of fused-ring (bicyclic) bond motifs is 1. The van der Waals surface area contributed by atoms with Crippen LogP contribution in [-0.2, 0) is 16.0 Å². The van der Waals surface area contributed by atoms with Crippen LogP contribution in [0.1, 0.15) is 45.1 Å². The predicted molar refractivity (Wildman–Crippen MR) is 119 cm³/mol. The Morgan fingerprint density at radius 1 is 1.00 bits per heavy atom. The van der Waals surface area contributed by atoms with Crippen molar-refractivity contribution in [2.24, 2.45) is 23.7 Å². The summed E-state index contributed by atoms with van der Waals surface area (Å²) < 4.78 is 0. The second-order valence-corrected chi connectivity index (χ2v) is 9.03. The number of carbonyl (C=O) groups is 3. The fraction of sp³-hybridized carbons (Fsp3) is 0.560. The number of allylic oxidation sites excluding steroid dienone is 2. The van der Waals surface area contributed by atoms with Gasteiger partial charge in [-0.2, -0.15) is 0 Å². The molecule has 3 aliphatic carbocycles. The third-order valence-electron chi connectivity index (χ3n) is 6.94. The van der Waals surface area contributed by atoms with Crippen LogP contribution in [0.25, 0.3) is 0 Å². The van der Waals surface area contributed by atoms with E-state index in [0.29, 0.717) is 19.5 Å². The van der Waals surface area contributed by atoms with E-state index in [1.165, 1.54) is 4.90 Å². The van der Waals surface area contributed by atoms with E-state index in [9.17, 15) is 14.4 Å². The van der Waals surface area contributed by atoms with E-state index < -0.39 is 6.17 Å². The lowest BCUT2D eigenvalue weighted by atomic mass is 9.63. The molecule has 31 heavy (non-hydrogen) atoms. The summed E-state index contributed by atoms with van der Waals surface area (Å²) in [5, 5.41) is 3.05. The van der Waals surface area contributed by atoms with Crippen LogP contribution in [0.4, 0.5) is 4.79 Å². The van der Waals surface area contributed by atoms with Crippen molar-refractivity contribution >= 4 is 17.8 Å². The van der Waals surface area contributed by atoms with Gasteiger partial charge in [0.2, 0.25) is 11.8 Å². The molecule has 1 heterocycles. The van der Waals surface area contributed by atoms with E-state index in [2.05, 4.69) is 17.5 Å². The summed E-state index contributed by atoms with van der Waals surface area (Å²) in [6, 6.07) is 9.54. The standard InChI is InChI=1S/C25H33N3O3/c1-3-14-27(15-4-2)25(31)26-20(16-17-8-6-5-7-9-17)28-23(29)21-18-10-11-19(13-12-18)22(21)24(28)30/h5-11,18-22H,3-4,12-16H2,1-2H3,(H,26,31)/t18-,19-,20-,21+,22+/m0/s1. The van der Waals surface area contributed by atoms with Crippen LogP contribution in [0.2, 0.25) is 0 Å². The zero-order chi connectivity index (χ0) is 22.0. The quantitative estimate of drug-likeness (QED) is 0.513. The fourth-order valence-corrected chi connectivity index (χ4v) is 5.54. The van der Waals surface area contributed by atoms with Gasteiger partial charge in [-0.3, -0.25) is 14.5 Å². The molecule has 4 amide bonds. The number of hydrogen-bond donors (Lipinski definition) is 1. The zero-order valence-corrected chi connectivity index (χ0v) is 18.5. The Bertz CT molecular complexity index is 815. The fourth-order valence-electron chi connectivity index (χ4n) is 5.54. The summed E-state index contributed by atoms with van der Waals surface area (Å²) in [6.45, 7) is 5.38. The van der Waals surface area contributed by atoms with E-state index in [1.54, 1.807) is 4.90 Å². The van der Waals surface area contributed by atoms with Gasteiger partial charge in [0.15, 0.2) is 0 Å². The van der Waals surface area contributed by atoms with Gasteiger partial charge in [-0.25, -0.2) is 4.79 Å². The second kappa shape index (κ2) is 9.25. The molecule has 2 fully saturated rings. The Morgan fingerprint density at radius 3 is 2.03 bits per heavy atom. The molecule has 1 aromatic carbocycles. The molecule has 1 N–H and O–H groups in total. The molecular formula is C25H33N3O3. The van der Waals surface area contributed by atoms with E-state index >= 15 is 0 Å². The lowest BCUT2D eigenvalue weighted by Crippen LogP contribution is -2.55. The molecule has 0 radical (unpaired) electrons. The van der Waals surface area contributed by atoms with Gasteiger partial charge in [0.1, 0.15) is 6.17 Å². The molecule has 1 saturated carbocycles. The summed E-state index contributed by atoms with van der Waals surface area (Å²) >= 11 is 0. The smallest absolute Gasteiger partial charge is 0.319 e. The minimum atomic E-state index is -0.670. The summed E-state index contributed by atoms with van der Waals surface area (Å²) in [6.07, 6.45) is 7.64. The highest BCUT2D eigenvalue weighted by Gasteiger charge is 2.58. The highest BCUT2D eigenvalue weighted by molar-refractivity contribution is 6.06. The number of hydrogen-bond acceptors (Lipinski definition) is 3. The van der Waals surface area contributed by atoms with E-state index in [1.807, 2.05) is 44.2 Å². The first-order valence-electron chi connectivity index (χ1n) is 11.7. The van der Waals surface area contributed by atoms with Crippen LogP contribution in [0.5, 0.6) is 0 Å². The van der Waals surface area contributed by atoms with Crippen molar-refractivity contribution in [3.05, 3.63) is 48.0 Å². The van der Waals surface area contributed by atoms with Crippen LogP contribution < -0.4 is 5.32 Å². The molecule has 1 aromatic rings. The number of benzene rings is 1. The lowest BCUT2D eigenvalue weighted by molar-refractivity contribution is -0.143. The van der Waals surface area contributed by atoms with Crippen LogP contribution in [0.3, 0.4) is 0 Å². The maximum absolute atomic E-state index is 13.5. The van der Waals surface area contributed by atoms with E-state index in [4.69, 9.17) is 0 Å². The minimum Gasteiger partial charge on any atom is -0.325 e. The van der Waals surface area contributed by atoms with Gasteiger partial charge in [-0.05, 0) is 43.1 Å². The molecule has 4 aliphatic rings. The van der Waals surface area contributed by atoms with Crippen molar-refractivity contribution in [3.63, 3.8) is 0 Å². The first kappa shape index (κ1) is 21.6. The second-order valence-electron chi connectivity index (χ2n) is 9.03. The van der Waals surface area contributed by atoms with Crippen molar-refractivity contribution in [3.8, 4) is 0 Å². The third kappa shape index (κ3) is 4.12. The largest absolute Gasteiger partial charge is 0.325 e. The van der Waals surface area contributed by atoms with Crippen molar-refractivity contribution < 1.29 is 14.4 Å². The van der Waals surface area contributed by atoms with Crippen molar-refractivity contribution in [1.82, 2.24) is 15.1 Å². The summed E-state index contributed by atoms with van der Waals surface area (Å²) in [5.74, 6) is -0.495. The number of imide groups is 1. The first-order valence-corrected chi connectivity index (χ1v) is 11.7. The van der Waals surface area contributed by atoms with Gasteiger partial charge >= 0.3 is 6.03 Å². The molecule has 6 nitrogen and oxygen atoms in total. The van der Waals surface area contributed by atoms with Crippen LogP contribution in [0, 0.1) is 23.7 Å². The average Bonchev–Trinajstić information content (AvgIpc) is 3.07. The SMILES string of the molecule is CCCN(CCC)C(=O)N[C@H](Cc1ccccc1)N1C(=O)[C@H]2[C@H](C1=O)[C@H]1C=C[C@H]2CC1. The van der Waals surface area contributed by atoms with Gasteiger partial charge in [0, 0.05) is 19.5 Å².